The summed E-state index contributed by atoms with van der Waals surface area (Å²) in [6, 6.07) is 13.6. The summed E-state index contributed by atoms with van der Waals surface area (Å²) in [7, 11) is 0. The minimum absolute atomic E-state index is 0.509. The summed E-state index contributed by atoms with van der Waals surface area (Å²) in [5.74, 6) is 0. The summed E-state index contributed by atoms with van der Waals surface area (Å²) in [6.45, 7) is 13.4. The molecule has 0 aromatic heterocycles. The van der Waals surface area contributed by atoms with Crippen molar-refractivity contribution in [1.29, 1.82) is 0 Å². The van der Waals surface area contributed by atoms with Crippen LogP contribution in [0.3, 0.4) is 0 Å². The van der Waals surface area contributed by atoms with E-state index in [0.717, 1.165) is 39.5 Å². The highest BCUT2D eigenvalue weighted by Gasteiger charge is 2.18. The van der Waals surface area contributed by atoms with Gasteiger partial charge in [-0.3, -0.25) is 5.32 Å². The van der Waals surface area contributed by atoms with Crippen LogP contribution in [-0.2, 0) is 4.74 Å². The molecule has 0 radical (unpaired) electrons. The van der Waals surface area contributed by atoms with Gasteiger partial charge in [-0.05, 0) is 87.7 Å². The van der Waals surface area contributed by atoms with Crippen molar-refractivity contribution in [2.24, 2.45) is 10.7 Å². The molecule has 0 aliphatic heterocycles. The quantitative estimate of drug-likeness (QED) is 0.515. The Morgan fingerprint density at radius 1 is 1.06 bits per heavy atom. The molecule has 2 aromatic rings. The van der Waals surface area contributed by atoms with E-state index in [1.54, 1.807) is 0 Å². The van der Waals surface area contributed by atoms with Crippen LogP contribution in [0.5, 0.6) is 0 Å². The standard InChI is InChI=1S/C26H30N4O2/c1-16-13-21(17(2)12-20(16)27)29-23-14-18(3)22(30-25(31)32-26(4,5)6)15-24(23)28-19-10-8-7-9-11-19/h7-15,28H,2,27H2,1,3-6H3,(H,30,31). The normalized spacial score (nSPS) is 15.2. The number of allylic oxidation sites excluding steroid dienone is 4. The molecule has 0 saturated carbocycles. The van der Waals surface area contributed by atoms with Gasteiger partial charge in [0.1, 0.15) is 5.60 Å². The molecule has 0 heterocycles. The van der Waals surface area contributed by atoms with Crippen molar-refractivity contribution >= 4 is 34.6 Å². The molecular weight excluding hydrogens is 400 g/mol. The zero-order chi connectivity index (χ0) is 23.5. The topological polar surface area (TPSA) is 88.7 Å². The second-order valence-electron chi connectivity index (χ2n) is 8.75. The lowest BCUT2D eigenvalue weighted by atomic mass is 9.99. The fourth-order valence-corrected chi connectivity index (χ4v) is 3.10. The Hall–Kier alpha value is -3.80. The Balaban J connectivity index is 2.02. The van der Waals surface area contributed by atoms with Gasteiger partial charge in [0, 0.05) is 17.1 Å². The second kappa shape index (κ2) is 9.14. The average molecular weight is 431 g/mol. The number of hydrogen-bond acceptors (Lipinski definition) is 5. The summed E-state index contributed by atoms with van der Waals surface area (Å²) in [4.78, 5) is 17.2. The van der Waals surface area contributed by atoms with Crippen molar-refractivity contribution in [2.75, 3.05) is 10.6 Å². The molecule has 2 aromatic carbocycles. The van der Waals surface area contributed by atoms with Gasteiger partial charge in [-0.25, -0.2) is 9.79 Å². The van der Waals surface area contributed by atoms with Crippen LogP contribution >= 0.6 is 0 Å². The number of nitrogens with one attached hydrogen (secondary N) is 2. The molecule has 6 heteroatoms. The maximum absolute atomic E-state index is 12.3. The van der Waals surface area contributed by atoms with Crippen molar-refractivity contribution in [2.45, 2.75) is 40.2 Å². The minimum atomic E-state index is -0.587. The number of anilines is 3. The van der Waals surface area contributed by atoms with E-state index in [0.29, 0.717) is 11.4 Å². The van der Waals surface area contributed by atoms with Crippen LogP contribution in [0, 0.1) is 6.92 Å². The smallest absolute Gasteiger partial charge is 0.412 e. The number of rotatable bonds is 4. The van der Waals surface area contributed by atoms with E-state index in [1.807, 2.05) is 89.2 Å². The molecule has 4 N–H and O–H groups in total. The van der Waals surface area contributed by atoms with E-state index in [9.17, 15) is 4.79 Å². The zero-order valence-corrected chi connectivity index (χ0v) is 19.2. The molecule has 0 unspecified atom stereocenters. The van der Waals surface area contributed by atoms with Gasteiger partial charge >= 0.3 is 6.09 Å². The van der Waals surface area contributed by atoms with Gasteiger partial charge in [0.05, 0.1) is 17.1 Å². The highest BCUT2D eigenvalue weighted by Crippen LogP contribution is 2.35. The first kappa shape index (κ1) is 22.9. The summed E-state index contributed by atoms with van der Waals surface area (Å²) in [6.07, 6.45) is 3.24. The number of amides is 1. The van der Waals surface area contributed by atoms with Crippen LogP contribution in [0.4, 0.5) is 27.5 Å². The van der Waals surface area contributed by atoms with Crippen molar-refractivity contribution in [3.63, 3.8) is 0 Å². The van der Waals surface area contributed by atoms with E-state index in [4.69, 9.17) is 15.5 Å². The van der Waals surface area contributed by atoms with Gasteiger partial charge in [-0.1, -0.05) is 24.8 Å². The van der Waals surface area contributed by atoms with Crippen LogP contribution in [-0.4, -0.2) is 17.4 Å². The Morgan fingerprint density at radius 3 is 2.41 bits per heavy atom. The highest BCUT2D eigenvalue weighted by atomic mass is 16.6. The fraction of sp³-hybridized carbons (Fsp3) is 0.231. The predicted octanol–water partition coefficient (Wildman–Crippen LogP) is 6.52. The van der Waals surface area contributed by atoms with Crippen LogP contribution in [0.15, 0.2) is 83.0 Å². The third-order valence-electron chi connectivity index (χ3n) is 4.74. The molecular formula is C26H30N4O2. The predicted molar refractivity (Wildman–Crippen MR) is 133 cm³/mol. The lowest BCUT2D eigenvalue weighted by Gasteiger charge is -2.21. The Kier molecular flexibility index (Phi) is 6.53. The Labute approximate surface area is 189 Å². The van der Waals surface area contributed by atoms with Gasteiger partial charge in [0.15, 0.2) is 0 Å². The average Bonchev–Trinajstić information content (AvgIpc) is 2.68. The van der Waals surface area contributed by atoms with Crippen LogP contribution < -0.4 is 16.4 Å². The third-order valence-corrected chi connectivity index (χ3v) is 4.74. The van der Waals surface area contributed by atoms with E-state index < -0.39 is 11.7 Å². The highest BCUT2D eigenvalue weighted by molar-refractivity contribution is 6.13. The number of carbonyl (C=O) groups is 1. The van der Waals surface area contributed by atoms with Crippen molar-refractivity contribution in [3.05, 3.63) is 83.6 Å². The van der Waals surface area contributed by atoms with E-state index in [-0.39, 0.29) is 0 Å². The number of nitrogens with two attached hydrogens (primary N) is 1. The number of para-hydroxylation sites is 1. The lowest BCUT2D eigenvalue weighted by molar-refractivity contribution is 0.0636. The molecule has 1 aliphatic carbocycles. The van der Waals surface area contributed by atoms with Gasteiger partial charge in [-0.2, -0.15) is 0 Å². The minimum Gasteiger partial charge on any atom is -0.444 e. The first-order valence-electron chi connectivity index (χ1n) is 10.4. The summed E-state index contributed by atoms with van der Waals surface area (Å²) >= 11 is 0. The van der Waals surface area contributed by atoms with E-state index >= 15 is 0 Å². The third kappa shape index (κ3) is 5.88. The van der Waals surface area contributed by atoms with Crippen molar-refractivity contribution < 1.29 is 9.53 Å². The van der Waals surface area contributed by atoms with Crippen molar-refractivity contribution in [3.8, 4) is 0 Å². The summed E-state index contributed by atoms with van der Waals surface area (Å²) in [5.41, 5.74) is 12.4. The molecule has 0 saturated heterocycles. The zero-order valence-electron chi connectivity index (χ0n) is 19.2. The summed E-state index contributed by atoms with van der Waals surface area (Å²) in [5, 5.41) is 6.24. The van der Waals surface area contributed by atoms with Gasteiger partial charge < -0.3 is 15.8 Å². The Morgan fingerprint density at radius 2 is 1.75 bits per heavy atom. The second-order valence-corrected chi connectivity index (χ2v) is 8.75. The van der Waals surface area contributed by atoms with E-state index in [1.165, 1.54) is 0 Å². The lowest BCUT2D eigenvalue weighted by Crippen LogP contribution is -2.27. The number of aliphatic imine (C=N–C) groups is 1. The molecule has 32 heavy (non-hydrogen) atoms. The molecule has 166 valence electrons. The van der Waals surface area contributed by atoms with Crippen LogP contribution in [0.2, 0.25) is 0 Å². The largest absolute Gasteiger partial charge is 0.444 e. The first-order chi connectivity index (χ1) is 15.0. The molecule has 1 amide bonds. The molecule has 0 atom stereocenters. The number of ether oxygens (including phenoxy) is 1. The van der Waals surface area contributed by atoms with E-state index in [2.05, 4.69) is 17.2 Å². The van der Waals surface area contributed by atoms with Gasteiger partial charge in [-0.15, -0.1) is 0 Å². The Bertz CT molecular complexity index is 1140. The maximum Gasteiger partial charge on any atom is 0.412 e. The SMILES string of the molecule is C=C1C=C(N)C(C)=CC1=Nc1cc(C)c(NC(=O)OC(C)(C)C)cc1Nc1ccccc1. The molecule has 0 fully saturated rings. The van der Waals surface area contributed by atoms with Crippen LogP contribution in [0.25, 0.3) is 0 Å². The van der Waals surface area contributed by atoms with Crippen LogP contribution in [0.1, 0.15) is 33.3 Å². The molecule has 0 spiro atoms. The monoisotopic (exact) mass is 430 g/mol. The number of carbonyl (C=O) groups excluding carboxylic acids is 1. The molecule has 6 nitrogen and oxygen atoms in total. The number of benzene rings is 2. The van der Waals surface area contributed by atoms with Gasteiger partial charge in [0.25, 0.3) is 0 Å². The molecule has 1 aliphatic rings. The van der Waals surface area contributed by atoms with Crippen molar-refractivity contribution in [1.82, 2.24) is 0 Å². The number of hydrogen-bond donors (Lipinski definition) is 3. The number of nitrogens with zero attached hydrogens (tertiary/aromatic N) is 1. The maximum atomic E-state index is 12.3. The molecule has 3 rings (SSSR count). The fourth-order valence-electron chi connectivity index (χ4n) is 3.10. The van der Waals surface area contributed by atoms with Gasteiger partial charge in [0.2, 0.25) is 0 Å². The summed E-state index contributed by atoms with van der Waals surface area (Å²) < 4.78 is 5.41. The first-order valence-corrected chi connectivity index (χ1v) is 10.4. The molecule has 0 bridgehead atoms. The number of aryl methyl sites for hydroxylation is 1.